The molecule has 2 aliphatic carbocycles. The third-order valence-corrected chi connectivity index (χ3v) is 5.71. The van der Waals surface area contributed by atoms with Crippen molar-refractivity contribution in [3.8, 4) is 0 Å². The van der Waals surface area contributed by atoms with Crippen LogP contribution in [0.4, 0.5) is 0 Å². The van der Waals surface area contributed by atoms with Gasteiger partial charge in [0.25, 0.3) is 0 Å². The molecule has 0 unspecified atom stereocenters. The second kappa shape index (κ2) is 9.73. The van der Waals surface area contributed by atoms with E-state index in [4.69, 9.17) is 9.47 Å². The zero-order valence-corrected chi connectivity index (χ0v) is 16.7. The largest absolute Gasteiger partial charge is 0.478 e. The van der Waals surface area contributed by atoms with Gasteiger partial charge in [-0.2, -0.15) is 0 Å². The molecule has 0 aliphatic heterocycles. The van der Waals surface area contributed by atoms with Crippen LogP contribution in [-0.4, -0.2) is 46.3 Å². The van der Waals surface area contributed by atoms with Crippen LogP contribution >= 0.6 is 0 Å². The molecule has 1 aromatic rings. The number of carboxylic acid groups (broad SMARTS) is 2. The van der Waals surface area contributed by atoms with E-state index in [1.54, 1.807) is 0 Å². The van der Waals surface area contributed by atoms with Gasteiger partial charge in [-0.25, -0.2) is 19.2 Å². The Morgan fingerprint density at radius 3 is 1.27 bits per heavy atom. The van der Waals surface area contributed by atoms with Gasteiger partial charge >= 0.3 is 23.9 Å². The van der Waals surface area contributed by atoms with Gasteiger partial charge in [0.05, 0.1) is 22.3 Å². The fourth-order valence-corrected chi connectivity index (χ4v) is 4.09. The Labute approximate surface area is 174 Å². The Bertz CT molecular complexity index is 767. The van der Waals surface area contributed by atoms with Crippen LogP contribution < -0.4 is 0 Å². The molecule has 0 heterocycles. The normalized spacial score (nSPS) is 17.9. The van der Waals surface area contributed by atoms with Gasteiger partial charge in [-0.15, -0.1) is 0 Å². The Balaban J connectivity index is 1.92. The van der Waals surface area contributed by atoms with Crippen molar-refractivity contribution in [3.63, 3.8) is 0 Å². The number of carboxylic acids is 2. The van der Waals surface area contributed by atoms with E-state index in [9.17, 15) is 29.4 Å². The molecule has 30 heavy (non-hydrogen) atoms. The standard InChI is InChI=1S/C22H26O8/c23-19(24)15-11-16(20(25)26)18(22(28)30-14-9-5-2-6-10-14)12-17(15)21(27)29-13-7-3-1-4-8-13/h11-14H,1-10H2,(H,23,24)(H,25,26). The molecule has 1 aromatic carbocycles. The van der Waals surface area contributed by atoms with Gasteiger partial charge in [0, 0.05) is 0 Å². The van der Waals surface area contributed by atoms with E-state index in [0.717, 1.165) is 50.7 Å². The molecule has 0 aromatic heterocycles. The molecule has 2 fully saturated rings. The summed E-state index contributed by atoms with van der Waals surface area (Å²) in [5.74, 6) is -4.69. The molecule has 8 heteroatoms. The number of hydrogen-bond donors (Lipinski definition) is 2. The van der Waals surface area contributed by atoms with Crippen molar-refractivity contribution in [2.24, 2.45) is 0 Å². The summed E-state index contributed by atoms with van der Waals surface area (Å²) in [6.45, 7) is 0. The molecule has 3 rings (SSSR count). The van der Waals surface area contributed by atoms with E-state index in [1.165, 1.54) is 0 Å². The molecule has 0 atom stereocenters. The molecule has 0 spiro atoms. The van der Waals surface area contributed by atoms with Crippen LogP contribution in [0.2, 0.25) is 0 Å². The molecule has 0 saturated heterocycles. The van der Waals surface area contributed by atoms with Crippen molar-refractivity contribution in [1.82, 2.24) is 0 Å². The number of rotatable bonds is 6. The highest BCUT2D eigenvalue weighted by Crippen LogP contribution is 2.26. The second-order valence-corrected chi connectivity index (χ2v) is 7.88. The maximum Gasteiger partial charge on any atom is 0.339 e. The van der Waals surface area contributed by atoms with E-state index >= 15 is 0 Å². The molecule has 0 radical (unpaired) electrons. The second-order valence-electron chi connectivity index (χ2n) is 7.88. The third-order valence-electron chi connectivity index (χ3n) is 5.71. The average molecular weight is 418 g/mol. The summed E-state index contributed by atoms with van der Waals surface area (Å²) in [5.41, 5.74) is -1.70. The van der Waals surface area contributed by atoms with E-state index in [-0.39, 0.29) is 23.3 Å². The zero-order valence-electron chi connectivity index (χ0n) is 16.7. The fraction of sp³-hybridized carbons (Fsp3) is 0.545. The number of aromatic carboxylic acids is 2. The first-order valence-electron chi connectivity index (χ1n) is 10.4. The first-order chi connectivity index (χ1) is 14.4. The first kappa shape index (κ1) is 21.8. The minimum atomic E-state index is -1.47. The molecule has 2 aliphatic rings. The van der Waals surface area contributed by atoms with Gasteiger partial charge in [0.1, 0.15) is 12.2 Å². The Hall–Kier alpha value is -2.90. The van der Waals surface area contributed by atoms with Crippen molar-refractivity contribution in [2.45, 2.75) is 76.4 Å². The minimum Gasteiger partial charge on any atom is -0.478 e. The minimum absolute atomic E-state index is 0.315. The molecule has 2 N–H and O–H groups in total. The molecule has 0 amide bonds. The van der Waals surface area contributed by atoms with Gasteiger partial charge in [-0.3, -0.25) is 0 Å². The van der Waals surface area contributed by atoms with Crippen molar-refractivity contribution in [1.29, 1.82) is 0 Å². The first-order valence-corrected chi connectivity index (χ1v) is 10.4. The highest BCUT2D eigenvalue weighted by Gasteiger charge is 2.30. The number of hydrogen-bond acceptors (Lipinski definition) is 6. The van der Waals surface area contributed by atoms with Gasteiger partial charge in [-0.05, 0) is 63.5 Å². The summed E-state index contributed by atoms with van der Waals surface area (Å²) >= 11 is 0. The summed E-state index contributed by atoms with van der Waals surface area (Å²) < 4.78 is 10.9. The lowest BCUT2D eigenvalue weighted by Crippen LogP contribution is -2.25. The SMILES string of the molecule is O=C(O)c1cc(C(=O)O)c(C(=O)OC2CCCCC2)cc1C(=O)OC1CCCCC1. The summed E-state index contributed by atoms with van der Waals surface area (Å²) in [6.07, 6.45) is 7.92. The van der Waals surface area contributed by atoms with Crippen LogP contribution in [0.1, 0.15) is 106 Å². The van der Waals surface area contributed by atoms with E-state index in [1.807, 2.05) is 0 Å². The van der Waals surface area contributed by atoms with Crippen LogP contribution in [0.5, 0.6) is 0 Å². The van der Waals surface area contributed by atoms with Crippen LogP contribution in [0, 0.1) is 0 Å². The number of esters is 2. The topological polar surface area (TPSA) is 127 Å². The van der Waals surface area contributed by atoms with E-state index in [2.05, 4.69) is 0 Å². The number of ether oxygens (including phenoxy) is 2. The predicted molar refractivity (Wildman–Crippen MR) is 105 cm³/mol. The predicted octanol–water partition coefficient (Wildman–Crippen LogP) is 4.06. The molecule has 2 saturated carbocycles. The maximum absolute atomic E-state index is 12.7. The Kier molecular flexibility index (Phi) is 7.07. The lowest BCUT2D eigenvalue weighted by Gasteiger charge is -2.23. The van der Waals surface area contributed by atoms with Crippen molar-refractivity contribution >= 4 is 23.9 Å². The van der Waals surface area contributed by atoms with Crippen LogP contribution in [-0.2, 0) is 9.47 Å². The quantitative estimate of drug-likeness (QED) is 0.662. The Morgan fingerprint density at radius 1 is 0.600 bits per heavy atom. The summed E-state index contributed by atoms with van der Waals surface area (Å²) in [6, 6.07) is 1.82. The monoisotopic (exact) mass is 418 g/mol. The Morgan fingerprint density at radius 2 is 0.933 bits per heavy atom. The number of carbonyl (C=O) groups is 4. The van der Waals surface area contributed by atoms with E-state index in [0.29, 0.717) is 25.7 Å². The fourth-order valence-electron chi connectivity index (χ4n) is 4.09. The van der Waals surface area contributed by atoms with Crippen LogP contribution in [0.15, 0.2) is 12.1 Å². The molecular formula is C22H26O8. The van der Waals surface area contributed by atoms with Gasteiger partial charge in [0.2, 0.25) is 0 Å². The van der Waals surface area contributed by atoms with Crippen molar-refractivity contribution in [3.05, 3.63) is 34.4 Å². The van der Waals surface area contributed by atoms with Crippen LogP contribution in [0.3, 0.4) is 0 Å². The third kappa shape index (κ3) is 5.17. The highest BCUT2D eigenvalue weighted by molar-refractivity contribution is 6.09. The zero-order chi connectivity index (χ0) is 21.7. The molecule has 162 valence electrons. The smallest absolute Gasteiger partial charge is 0.339 e. The highest BCUT2D eigenvalue weighted by atomic mass is 16.5. The van der Waals surface area contributed by atoms with Gasteiger partial charge in [0.15, 0.2) is 0 Å². The summed E-state index contributed by atoms with van der Waals surface area (Å²) in [5, 5.41) is 19.0. The summed E-state index contributed by atoms with van der Waals surface area (Å²) in [4.78, 5) is 48.7. The molecule has 0 bridgehead atoms. The lowest BCUT2D eigenvalue weighted by molar-refractivity contribution is 0.0202. The maximum atomic E-state index is 12.7. The molecule has 8 nitrogen and oxygen atoms in total. The van der Waals surface area contributed by atoms with Crippen LogP contribution in [0.25, 0.3) is 0 Å². The van der Waals surface area contributed by atoms with Gasteiger partial charge in [-0.1, -0.05) is 12.8 Å². The van der Waals surface area contributed by atoms with Crippen molar-refractivity contribution in [2.75, 3.05) is 0 Å². The average Bonchev–Trinajstić information content (AvgIpc) is 2.74. The lowest BCUT2D eigenvalue weighted by atomic mass is 9.96. The number of benzene rings is 1. The number of carbonyl (C=O) groups excluding carboxylic acids is 2. The van der Waals surface area contributed by atoms with E-state index < -0.39 is 35.0 Å². The summed E-state index contributed by atoms with van der Waals surface area (Å²) in [7, 11) is 0. The van der Waals surface area contributed by atoms with Gasteiger partial charge < -0.3 is 19.7 Å². The molecular weight excluding hydrogens is 392 g/mol. The van der Waals surface area contributed by atoms with Crippen molar-refractivity contribution < 1.29 is 38.9 Å².